The smallest absolute Gasteiger partial charge is 0.225 e. The zero-order valence-electron chi connectivity index (χ0n) is 15.0. The summed E-state index contributed by atoms with van der Waals surface area (Å²) >= 11 is 0. The zero-order valence-corrected chi connectivity index (χ0v) is 15.0. The summed E-state index contributed by atoms with van der Waals surface area (Å²) in [5, 5.41) is 9.93. The van der Waals surface area contributed by atoms with Gasteiger partial charge in [0.25, 0.3) is 0 Å². The summed E-state index contributed by atoms with van der Waals surface area (Å²) in [6.45, 7) is 2.15. The molecule has 6 nitrogen and oxygen atoms in total. The Balaban J connectivity index is 1.66. The van der Waals surface area contributed by atoms with Gasteiger partial charge in [-0.25, -0.2) is 0 Å². The van der Waals surface area contributed by atoms with E-state index in [-0.39, 0.29) is 17.7 Å². The highest BCUT2D eigenvalue weighted by molar-refractivity contribution is 5.97. The molecule has 0 saturated heterocycles. The number of aromatic nitrogens is 2. The highest BCUT2D eigenvalue weighted by atomic mass is 16.2. The lowest BCUT2D eigenvalue weighted by Crippen LogP contribution is -2.24. The molecule has 0 radical (unpaired) electrons. The van der Waals surface area contributed by atoms with Gasteiger partial charge in [0.1, 0.15) is 0 Å². The minimum absolute atomic E-state index is 0.0160. The van der Waals surface area contributed by atoms with Crippen LogP contribution in [-0.2, 0) is 16.1 Å². The van der Waals surface area contributed by atoms with Crippen LogP contribution in [0, 0.1) is 0 Å². The van der Waals surface area contributed by atoms with Crippen molar-refractivity contribution < 1.29 is 9.59 Å². The number of nitrogens with zero attached hydrogens (tertiary/aromatic N) is 2. The number of anilines is 2. The Kier molecular flexibility index (Phi) is 4.46. The Morgan fingerprint density at radius 1 is 1.26 bits per heavy atom. The minimum Gasteiger partial charge on any atom is -0.326 e. The first kappa shape index (κ1) is 17.0. The first-order valence-corrected chi connectivity index (χ1v) is 8.86. The van der Waals surface area contributed by atoms with Crippen molar-refractivity contribution in [3.63, 3.8) is 0 Å². The largest absolute Gasteiger partial charge is 0.326 e. The van der Waals surface area contributed by atoms with Gasteiger partial charge in [-0.15, -0.1) is 0 Å². The maximum absolute atomic E-state index is 12.3. The van der Waals surface area contributed by atoms with Gasteiger partial charge >= 0.3 is 0 Å². The van der Waals surface area contributed by atoms with Gasteiger partial charge in [0.2, 0.25) is 11.8 Å². The Labute approximate surface area is 157 Å². The van der Waals surface area contributed by atoms with E-state index in [1.54, 1.807) is 6.20 Å². The van der Waals surface area contributed by atoms with Gasteiger partial charge in [-0.2, -0.15) is 5.10 Å². The first-order chi connectivity index (χ1) is 13.1. The molecular weight excluding hydrogens is 340 g/mol. The van der Waals surface area contributed by atoms with Crippen LogP contribution in [0.3, 0.4) is 0 Å². The molecule has 136 valence electrons. The van der Waals surface area contributed by atoms with E-state index in [1.807, 2.05) is 41.2 Å². The third-order valence-corrected chi connectivity index (χ3v) is 4.67. The maximum atomic E-state index is 12.3. The molecule has 2 N–H and O–H groups in total. The minimum atomic E-state index is -0.139. The molecule has 6 heteroatoms. The van der Waals surface area contributed by atoms with E-state index in [1.165, 1.54) is 6.92 Å². The van der Waals surface area contributed by atoms with Crippen molar-refractivity contribution in [2.45, 2.75) is 25.8 Å². The number of amides is 2. The van der Waals surface area contributed by atoms with Gasteiger partial charge in [0.05, 0.1) is 6.54 Å². The van der Waals surface area contributed by atoms with Crippen molar-refractivity contribution in [3.05, 3.63) is 77.6 Å². The normalized spacial score (nSPS) is 15.7. The number of carbonyl (C=O) groups excluding carboxylic acids is 2. The summed E-state index contributed by atoms with van der Waals surface area (Å²) in [6, 6.07) is 15.8. The number of nitrogens with one attached hydrogen (secondary N) is 2. The number of benzene rings is 2. The lowest BCUT2D eigenvalue weighted by Gasteiger charge is -2.27. The van der Waals surface area contributed by atoms with Crippen LogP contribution < -0.4 is 10.6 Å². The third-order valence-electron chi connectivity index (χ3n) is 4.67. The van der Waals surface area contributed by atoms with E-state index >= 15 is 0 Å². The summed E-state index contributed by atoms with van der Waals surface area (Å²) in [6.07, 6.45) is 4.09. The van der Waals surface area contributed by atoms with Crippen molar-refractivity contribution in [3.8, 4) is 0 Å². The fraction of sp³-hybridized carbons (Fsp3) is 0.190. The number of fused-ring (bicyclic) bond motifs is 1. The fourth-order valence-corrected chi connectivity index (χ4v) is 3.53. The van der Waals surface area contributed by atoms with Crippen molar-refractivity contribution >= 4 is 23.2 Å². The predicted octanol–water partition coefficient (Wildman–Crippen LogP) is 3.36. The monoisotopic (exact) mass is 360 g/mol. The molecule has 1 aromatic heterocycles. The van der Waals surface area contributed by atoms with Crippen molar-refractivity contribution in [2.75, 3.05) is 10.6 Å². The van der Waals surface area contributed by atoms with E-state index in [0.29, 0.717) is 18.7 Å². The molecule has 4 rings (SSSR count). The van der Waals surface area contributed by atoms with Crippen molar-refractivity contribution in [1.29, 1.82) is 0 Å². The maximum Gasteiger partial charge on any atom is 0.225 e. The molecule has 0 saturated carbocycles. The molecule has 2 aromatic carbocycles. The second-order valence-electron chi connectivity index (χ2n) is 6.74. The third kappa shape index (κ3) is 3.74. The second kappa shape index (κ2) is 7.07. The molecule has 2 heterocycles. The lowest BCUT2D eigenvalue weighted by atomic mass is 9.84. The number of hydrogen-bond donors (Lipinski definition) is 2. The highest BCUT2D eigenvalue weighted by Gasteiger charge is 2.27. The van der Waals surface area contributed by atoms with Crippen LogP contribution in [-0.4, -0.2) is 21.6 Å². The summed E-state index contributed by atoms with van der Waals surface area (Å²) in [4.78, 5) is 23.6. The summed E-state index contributed by atoms with van der Waals surface area (Å²) < 4.78 is 1.88. The van der Waals surface area contributed by atoms with Gasteiger partial charge in [0, 0.05) is 43.0 Å². The molecule has 3 aromatic rings. The molecular formula is C21H20N4O2. The van der Waals surface area contributed by atoms with Gasteiger partial charge < -0.3 is 10.6 Å². The fourth-order valence-electron chi connectivity index (χ4n) is 3.53. The van der Waals surface area contributed by atoms with Crippen LogP contribution in [0.2, 0.25) is 0 Å². The van der Waals surface area contributed by atoms with E-state index < -0.39 is 0 Å². The Morgan fingerprint density at radius 3 is 2.93 bits per heavy atom. The molecule has 0 fully saturated rings. The first-order valence-electron chi connectivity index (χ1n) is 8.86. The molecule has 0 spiro atoms. The molecule has 27 heavy (non-hydrogen) atoms. The highest BCUT2D eigenvalue weighted by Crippen LogP contribution is 2.38. The molecule has 1 unspecified atom stereocenters. The van der Waals surface area contributed by atoms with E-state index in [4.69, 9.17) is 0 Å². The summed E-state index contributed by atoms with van der Waals surface area (Å²) in [7, 11) is 0. The van der Waals surface area contributed by atoms with Crippen LogP contribution >= 0.6 is 0 Å². The average molecular weight is 360 g/mol. The SMILES string of the molecule is CC(=O)Nc1ccc2c(c1)NC(=O)CC2c1cccc(Cn2cccn2)c1. The Bertz CT molecular complexity index is 995. The van der Waals surface area contributed by atoms with Crippen molar-refractivity contribution in [1.82, 2.24) is 9.78 Å². The van der Waals surface area contributed by atoms with E-state index in [9.17, 15) is 9.59 Å². The summed E-state index contributed by atoms with van der Waals surface area (Å²) in [5.74, 6) is -0.178. The standard InChI is InChI=1S/C21H20N4O2/c1-14(26)23-17-6-7-18-19(12-21(27)24-20(18)11-17)16-5-2-4-15(10-16)13-25-9-3-8-22-25/h2-11,19H,12-13H2,1H3,(H,23,26)(H,24,27). The van der Waals surface area contributed by atoms with E-state index in [0.717, 1.165) is 22.4 Å². The Morgan fingerprint density at radius 2 is 2.15 bits per heavy atom. The van der Waals surface area contributed by atoms with Crippen LogP contribution in [0.25, 0.3) is 0 Å². The molecule has 1 aliphatic rings. The number of carbonyl (C=O) groups is 2. The average Bonchev–Trinajstić information content (AvgIpc) is 3.13. The molecule has 2 amide bonds. The van der Waals surface area contributed by atoms with Crippen molar-refractivity contribution in [2.24, 2.45) is 0 Å². The second-order valence-corrected chi connectivity index (χ2v) is 6.74. The Hall–Kier alpha value is -3.41. The summed E-state index contributed by atoms with van der Waals surface area (Å²) in [5.41, 5.74) is 4.72. The molecule has 0 aliphatic carbocycles. The van der Waals surface area contributed by atoms with Gasteiger partial charge in [-0.05, 0) is 34.9 Å². The zero-order chi connectivity index (χ0) is 18.8. The van der Waals surface area contributed by atoms with Crippen LogP contribution in [0.1, 0.15) is 36.0 Å². The van der Waals surface area contributed by atoms with Crippen LogP contribution in [0.15, 0.2) is 60.9 Å². The van der Waals surface area contributed by atoms with Crippen LogP contribution in [0.4, 0.5) is 11.4 Å². The molecule has 1 atom stereocenters. The van der Waals surface area contributed by atoms with Crippen LogP contribution in [0.5, 0.6) is 0 Å². The molecule has 1 aliphatic heterocycles. The van der Waals surface area contributed by atoms with Gasteiger partial charge in [0.15, 0.2) is 0 Å². The molecule has 0 bridgehead atoms. The predicted molar refractivity (Wildman–Crippen MR) is 104 cm³/mol. The topological polar surface area (TPSA) is 76.0 Å². The van der Waals surface area contributed by atoms with Gasteiger partial charge in [-0.3, -0.25) is 14.3 Å². The van der Waals surface area contributed by atoms with E-state index in [2.05, 4.69) is 33.9 Å². The number of hydrogen-bond acceptors (Lipinski definition) is 3. The lowest BCUT2D eigenvalue weighted by molar-refractivity contribution is -0.116. The number of rotatable bonds is 4. The van der Waals surface area contributed by atoms with Gasteiger partial charge in [-0.1, -0.05) is 30.3 Å². The quantitative estimate of drug-likeness (QED) is 0.749.